The molecule has 2 heterocycles. The van der Waals surface area contributed by atoms with E-state index in [4.69, 9.17) is 34.7 Å². The molecule has 140 valence electrons. The van der Waals surface area contributed by atoms with Gasteiger partial charge in [-0.05, 0) is 44.6 Å². The highest BCUT2D eigenvalue weighted by atomic mass is 35.5. The normalized spacial score (nSPS) is 25.4. The molecule has 0 radical (unpaired) electrons. The number of aromatic nitrogens is 2. The number of halogens is 2. The first-order chi connectivity index (χ1) is 12.1. The van der Waals surface area contributed by atoms with E-state index in [0.29, 0.717) is 22.7 Å². The summed E-state index contributed by atoms with van der Waals surface area (Å²) in [5.41, 5.74) is 11.6. The maximum atomic E-state index is 6.30. The SMILES string of the molecule is NCc1nc(Cl)c(Cl)c(N2CCN(CCC3CCC(N)CC3)CC2)n1. The van der Waals surface area contributed by atoms with Crippen LogP contribution in [0.25, 0.3) is 0 Å². The van der Waals surface area contributed by atoms with E-state index < -0.39 is 0 Å². The van der Waals surface area contributed by atoms with Gasteiger partial charge in [0, 0.05) is 32.2 Å². The van der Waals surface area contributed by atoms with Gasteiger partial charge in [-0.3, -0.25) is 4.90 Å². The van der Waals surface area contributed by atoms with Crippen LogP contribution in [-0.2, 0) is 6.54 Å². The Morgan fingerprint density at radius 3 is 2.32 bits per heavy atom. The van der Waals surface area contributed by atoms with E-state index in [2.05, 4.69) is 19.8 Å². The molecule has 0 amide bonds. The fourth-order valence-corrected chi connectivity index (χ4v) is 4.16. The number of piperazine rings is 1. The molecule has 1 aromatic rings. The average molecular weight is 387 g/mol. The third kappa shape index (κ3) is 4.95. The largest absolute Gasteiger partial charge is 0.353 e. The summed E-state index contributed by atoms with van der Waals surface area (Å²) in [6, 6.07) is 0.433. The molecular weight excluding hydrogens is 359 g/mol. The first-order valence-corrected chi connectivity index (χ1v) is 9.97. The zero-order chi connectivity index (χ0) is 17.8. The molecule has 1 saturated carbocycles. The van der Waals surface area contributed by atoms with Crippen LogP contribution in [0.5, 0.6) is 0 Å². The summed E-state index contributed by atoms with van der Waals surface area (Å²) in [5.74, 6) is 2.09. The third-order valence-corrected chi connectivity index (χ3v) is 6.16. The topological polar surface area (TPSA) is 84.3 Å². The van der Waals surface area contributed by atoms with Gasteiger partial charge < -0.3 is 16.4 Å². The van der Waals surface area contributed by atoms with Crippen LogP contribution < -0.4 is 16.4 Å². The molecule has 1 saturated heterocycles. The van der Waals surface area contributed by atoms with Gasteiger partial charge in [-0.25, -0.2) is 9.97 Å². The van der Waals surface area contributed by atoms with E-state index >= 15 is 0 Å². The van der Waals surface area contributed by atoms with E-state index in [1.807, 2.05) is 0 Å². The summed E-state index contributed by atoms with van der Waals surface area (Å²) in [6.45, 7) is 5.25. The van der Waals surface area contributed by atoms with Crippen molar-refractivity contribution in [2.45, 2.75) is 44.7 Å². The Bertz CT molecular complexity index is 569. The predicted octanol–water partition coefficient (Wildman–Crippen LogP) is 2.27. The molecule has 0 unspecified atom stereocenters. The molecule has 1 aliphatic carbocycles. The van der Waals surface area contributed by atoms with Crippen molar-refractivity contribution in [2.24, 2.45) is 17.4 Å². The fraction of sp³-hybridized carbons (Fsp3) is 0.765. The first kappa shape index (κ1) is 19.1. The second-order valence-electron chi connectivity index (χ2n) is 7.17. The van der Waals surface area contributed by atoms with E-state index in [1.165, 1.54) is 38.6 Å². The van der Waals surface area contributed by atoms with Crippen LogP contribution >= 0.6 is 23.2 Å². The molecule has 0 atom stereocenters. The minimum Gasteiger partial charge on any atom is -0.353 e. The summed E-state index contributed by atoms with van der Waals surface area (Å²) in [4.78, 5) is 13.3. The van der Waals surface area contributed by atoms with Crippen LogP contribution in [0.2, 0.25) is 10.2 Å². The minimum atomic E-state index is 0.259. The lowest BCUT2D eigenvalue weighted by Crippen LogP contribution is -2.47. The van der Waals surface area contributed by atoms with Crippen molar-refractivity contribution in [3.63, 3.8) is 0 Å². The molecule has 1 aromatic heterocycles. The van der Waals surface area contributed by atoms with Gasteiger partial charge >= 0.3 is 0 Å². The molecule has 0 bridgehead atoms. The van der Waals surface area contributed by atoms with Gasteiger partial charge in [0.15, 0.2) is 11.0 Å². The van der Waals surface area contributed by atoms with Crippen molar-refractivity contribution in [1.82, 2.24) is 14.9 Å². The van der Waals surface area contributed by atoms with E-state index in [-0.39, 0.29) is 11.7 Å². The van der Waals surface area contributed by atoms with Crippen molar-refractivity contribution < 1.29 is 0 Å². The summed E-state index contributed by atoms with van der Waals surface area (Å²) in [6.07, 6.45) is 6.24. The van der Waals surface area contributed by atoms with Gasteiger partial charge in [0.25, 0.3) is 0 Å². The molecule has 6 nitrogen and oxygen atoms in total. The molecule has 2 aliphatic rings. The van der Waals surface area contributed by atoms with Crippen molar-refractivity contribution in [3.05, 3.63) is 16.0 Å². The highest BCUT2D eigenvalue weighted by molar-refractivity contribution is 6.42. The third-order valence-electron chi connectivity index (χ3n) is 5.44. The zero-order valence-electron chi connectivity index (χ0n) is 14.6. The van der Waals surface area contributed by atoms with Crippen molar-refractivity contribution in [2.75, 3.05) is 37.6 Å². The summed E-state index contributed by atoms with van der Waals surface area (Å²) >= 11 is 12.4. The van der Waals surface area contributed by atoms with Crippen LogP contribution in [0.1, 0.15) is 37.9 Å². The maximum absolute atomic E-state index is 6.30. The lowest BCUT2D eigenvalue weighted by atomic mass is 9.84. The van der Waals surface area contributed by atoms with Crippen molar-refractivity contribution in [3.8, 4) is 0 Å². The molecule has 25 heavy (non-hydrogen) atoms. The van der Waals surface area contributed by atoms with Crippen LogP contribution in [-0.4, -0.2) is 53.6 Å². The number of hydrogen-bond donors (Lipinski definition) is 2. The summed E-state index contributed by atoms with van der Waals surface area (Å²) in [7, 11) is 0. The van der Waals surface area contributed by atoms with E-state index in [9.17, 15) is 0 Å². The maximum Gasteiger partial charge on any atom is 0.153 e. The van der Waals surface area contributed by atoms with Crippen LogP contribution in [0.15, 0.2) is 0 Å². The second-order valence-corrected chi connectivity index (χ2v) is 7.91. The van der Waals surface area contributed by atoms with Crippen molar-refractivity contribution in [1.29, 1.82) is 0 Å². The predicted molar refractivity (Wildman–Crippen MR) is 103 cm³/mol. The van der Waals surface area contributed by atoms with Gasteiger partial charge in [-0.2, -0.15) is 0 Å². The van der Waals surface area contributed by atoms with E-state index in [0.717, 1.165) is 32.1 Å². The Labute approximate surface area is 159 Å². The van der Waals surface area contributed by atoms with Crippen LogP contribution in [0.3, 0.4) is 0 Å². The fourth-order valence-electron chi connectivity index (χ4n) is 3.78. The lowest BCUT2D eigenvalue weighted by Gasteiger charge is -2.37. The van der Waals surface area contributed by atoms with Gasteiger partial charge in [-0.15, -0.1) is 0 Å². The van der Waals surface area contributed by atoms with Crippen LogP contribution in [0.4, 0.5) is 5.82 Å². The molecule has 3 rings (SSSR count). The Balaban J connectivity index is 1.49. The van der Waals surface area contributed by atoms with Crippen molar-refractivity contribution >= 4 is 29.0 Å². The average Bonchev–Trinajstić information content (AvgIpc) is 2.64. The molecular formula is C17H28Cl2N6. The standard InChI is InChI=1S/C17H28Cl2N6/c18-15-16(19)22-14(11-20)23-17(15)25-9-7-24(8-10-25)6-5-12-1-3-13(21)4-2-12/h12-13H,1-11,20-21H2. The van der Waals surface area contributed by atoms with Gasteiger partial charge in [0.05, 0.1) is 6.54 Å². The Kier molecular flexibility index (Phi) is 6.74. The molecule has 0 spiro atoms. The molecule has 1 aliphatic heterocycles. The summed E-state index contributed by atoms with van der Waals surface area (Å²) < 4.78 is 0. The number of anilines is 1. The highest BCUT2D eigenvalue weighted by Crippen LogP contribution is 2.30. The Morgan fingerprint density at radius 1 is 1.00 bits per heavy atom. The van der Waals surface area contributed by atoms with Gasteiger partial charge in [0.1, 0.15) is 10.8 Å². The van der Waals surface area contributed by atoms with Gasteiger partial charge in [-0.1, -0.05) is 23.2 Å². The Hall–Kier alpha value is -0.660. The number of nitrogens with zero attached hydrogens (tertiary/aromatic N) is 4. The quantitative estimate of drug-likeness (QED) is 0.754. The first-order valence-electron chi connectivity index (χ1n) is 9.21. The molecule has 8 heteroatoms. The van der Waals surface area contributed by atoms with Crippen LogP contribution in [0, 0.1) is 5.92 Å². The number of nitrogens with two attached hydrogens (primary N) is 2. The molecule has 0 aromatic carbocycles. The molecule has 4 N–H and O–H groups in total. The van der Waals surface area contributed by atoms with Gasteiger partial charge in [0.2, 0.25) is 0 Å². The minimum absolute atomic E-state index is 0.259. The second kappa shape index (κ2) is 8.82. The Morgan fingerprint density at radius 2 is 1.68 bits per heavy atom. The summed E-state index contributed by atoms with van der Waals surface area (Å²) in [5, 5.41) is 0.705. The number of hydrogen-bond acceptors (Lipinski definition) is 6. The number of rotatable bonds is 5. The monoisotopic (exact) mass is 386 g/mol. The molecule has 2 fully saturated rings. The van der Waals surface area contributed by atoms with E-state index in [1.54, 1.807) is 0 Å². The zero-order valence-corrected chi connectivity index (χ0v) is 16.1. The smallest absolute Gasteiger partial charge is 0.153 e. The lowest BCUT2D eigenvalue weighted by molar-refractivity contribution is 0.216. The highest BCUT2D eigenvalue weighted by Gasteiger charge is 2.24.